The molecule has 1 saturated heterocycles. The Morgan fingerprint density at radius 1 is 1.12 bits per heavy atom. The summed E-state index contributed by atoms with van der Waals surface area (Å²) in [5.74, 6) is -0.372. The van der Waals surface area contributed by atoms with Crippen LogP contribution in [-0.4, -0.2) is 80.1 Å². The van der Waals surface area contributed by atoms with Gasteiger partial charge < -0.3 is 19.9 Å². The highest BCUT2D eigenvalue weighted by Gasteiger charge is 2.29. The number of aromatic nitrogens is 4. The monoisotopic (exact) mass is 479 g/mol. The second-order valence-electron chi connectivity index (χ2n) is 7.98. The predicted molar refractivity (Wildman–Crippen MR) is 122 cm³/mol. The molecule has 0 aromatic carbocycles. The Morgan fingerprint density at radius 2 is 1.76 bits per heavy atom. The summed E-state index contributed by atoms with van der Waals surface area (Å²) in [6, 6.07) is -1.14. The zero-order valence-electron chi connectivity index (χ0n) is 19.5. The zero-order chi connectivity index (χ0) is 24.3. The largest absolute Gasteiger partial charge is 0.450 e. The molecule has 0 aliphatic carbocycles. The van der Waals surface area contributed by atoms with Crippen molar-refractivity contribution in [2.45, 2.75) is 46.7 Å². The Balaban J connectivity index is 1.62. The van der Waals surface area contributed by atoms with Crippen molar-refractivity contribution in [1.29, 1.82) is 0 Å². The van der Waals surface area contributed by atoms with Gasteiger partial charge in [0, 0.05) is 32.4 Å². The van der Waals surface area contributed by atoms with Gasteiger partial charge in [-0.15, -0.1) is 0 Å². The smallest absolute Gasteiger partial charge is 0.409 e. The molecule has 2 aromatic heterocycles. The number of nitrogens with one attached hydrogen (secondary N) is 1. The van der Waals surface area contributed by atoms with E-state index in [-0.39, 0.29) is 17.9 Å². The van der Waals surface area contributed by atoms with E-state index in [1.54, 1.807) is 60.0 Å². The summed E-state index contributed by atoms with van der Waals surface area (Å²) in [7, 11) is 0. The molecule has 3 rings (SSSR count). The summed E-state index contributed by atoms with van der Waals surface area (Å²) in [5.41, 5.74) is 1.82. The summed E-state index contributed by atoms with van der Waals surface area (Å²) in [5, 5.41) is 11.9. The van der Waals surface area contributed by atoms with E-state index in [1.807, 2.05) is 0 Å². The third-order valence-electron chi connectivity index (χ3n) is 5.78. The number of aryl methyl sites for hydroxylation is 1. The maximum atomic E-state index is 13.0. The van der Waals surface area contributed by atoms with Crippen molar-refractivity contribution < 1.29 is 19.1 Å². The number of hydrogen-bond acceptors (Lipinski definition) is 6. The van der Waals surface area contributed by atoms with Gasteiger partial charge in [-0.3, -0.25) is 19.0 Å². The average Bonchev–Trinajstić information content (AvgIpc) is 3.34. The highest BCUT2D eigenvalue weighted by atomic mass is 35.5. The SMILES string of the molecule is CCOC(=O)N1CCN(C(=O)C(C)n2cc(NC(=O)C(C)n3ncc(Cl)c3C)c(C)n2)CC1. The summed E-state index contributed by atoms with van der Waals surface area (Å²) in [6.45, 7) is 10.8. The maximum Gasteiger partial charge on any atom is 0.409 e. The van der Waals surface area contributed by atoms with Crippen molar-refractivity contribution in [3.8, 4) is 0 Å². The van der Waals surface area contributed by atoms with E-state index in [4.69, 9.17) is 16.3 Å². The van der Waals surface area contributed by atoms with Crippen LogP contribution in [0.15, 0.2) is 12.4 Å². The highest BCUT2D eigenvalue weighted by Crippen LogP contribution is 2.22. The lowest BCUT2D eigenvalue weighted by molar-refractivity contribution is -0.136. The molecule has 2 unspecified atom stereocenters. The molecule has 33 heavy (non-hydrogen) atoms. The fourth-order valence-electron chi connectivity index (χ4n) is 3.65. The second-order valence-corrected chi connectivity index (χ2v) is 8.39. The molecule has 3 heterocycles. The molecule has 1 N–H and O–H groups in total. The number of carbonyl (C=O) groups excluding carboxylic acids is 3. The summed E-state index contributed by atoms with van der Waals surface area (Å²) in [4.78, 5) is 40.9. The van der Waals surface area contributed by atoms with Gasteiger partial charge in [-0.25, -0.2) is 4.79 Å². The Hall–Kier alpha value is -3.08. The van der Waals surface area contributed by atoms with E-state index in [2.05, 4.69) is 15.5 Å². The molecule has 12 heteroatoms. The first-order valence-electron chi connectivity index (χ1n) is 10.9. The van der Waals surface area contributed by atoms with Crippen molar-refractivity contribution in [2.75, 3.05) is 38.1 Å². The first kappa shape index (κ1) is 24.6. The van der Waals surface area contributed by atoms with Gasteiger partial charge in [-0.1, -0.05) is 11.6 Å². The molecule has 3 amide bonds. The Labute approximate surface area is 197 Å². The minimum atomic E-state index is -0.574. The number of rotatable bonds is 6. The molecule has 1 aliphatic heterocycles. The van der Waals surface area contributed by atoms with Crippen LogP contribution in [-0.2, 0) is 14.3 Å². The van der Waals surface area contributed by atoms with Crippen molar-refractivity contribution in [3.63, 3.8) is 0 Å². The molecule has 2 aromatic rings. The van der Waals surface area contributed by atoms with Gasteiger partial charge >= 0.3 is 6.09 Å². The van der Waals surface area contributed by atoms with E-state index in [1.165, 1.54) is 6.20 Å². The van der Waals surface area contributed by atoms with Crippen LogP contribution in [0.4, 0.5) is 10.5 Å². The molecule has 0 saturated carbocycles. The lowest BCUT2D eigenvalue weighted by Crippen LogP contribution is -2.52. The normalized spacial score (nSPS) is 15.8. The minimum Gasteiger partial charge on any atom is -0.450 e. The lowest BCUT2D eigenvalue weighted by atomic mass is 10.2. The van der Waals surface area contributed by atoms with Gasteiger partial charge in [-0.2, -0.15) is 10.2 Å². The highest BCUT2D eigenvalue weighted by molar-refractivity contribution is 6.31. The Bertz CT molecular complexity index is 1030. The summed E-state index contributed by atoms with van der Waals surface area (Å²) < 4.78 is 8.12. The van der Waals surface area contributed by atoms with E-state index < -0.39 is 12.1 Å². The molecule has 0 bridgehead atoms. The number of nitrogens with zero attached hydrogens (tertiary/aromatic N) is 6. The van der Waals surface area contributed by atoms with Gasteiger partial charge in [0.05, 0.1) is 34.9 Å². The number of anilines is 1. The molecule has 0 spiro atoms. The molecule has 180 valence electrons. The van der Waals surface area contributed by atoms with Crippen LogP contribution < -0.4 is 5.32 Å². The molecule has 1 aliphatic rings. The van der Waals surface area contributed by atoms with Gasteiger partial charge in [0.2, 0.25) is 11.8 Å². The van der Waals surface area contributed by atoms with Gasteiger partial charge in [-0.05, 0) is 34.6 Å². The third kappa shape index (κ3) is 5.29. The van der Waals surface area contributed by atoms with Crippen LogP contribution in [0, 0.1) is 13.8 Å². The number of ether oxygens (including phenoxy) is 1. The van der Waals surface area contributed by atoms with Crippen LogP contribution in [0.25, 0.3) is 0 Å². The fraction of sp³-hybridized carbons (Fsp3) is 0.571. The van der Waals surface area contributed by atoms with Gasteiger partial charge in [0.25, 0.3) is 0 Å². The molecule has 0 radical (unpaired) electrons. The summed E-state index contributed by atoms with van der Waals surface area (Å²) in [6.07, 6.45) is 2.80. The van der Waals surface area contributed by atoms with Gasteiger partial charge in [0.1, 0.15) is 12.1 Å². The van der Waals surface area contributed by atoms with Gasteiger partial charge in [0.15, 0.2) is 0 Å². The van der Waals surface area contributed by atoms with Crippen molar-refractivity contribution in [1.82, 2.24) is 29.4 Å². The van der Waals surface area contributed by atoms with Crippen molar-refractivity contribution in [2.24, 2.45) is 0 Å². The molecular weight excluding hydrogens is 450 g/mol. The van der Waals surface area contributed by atoms with Crippen LogP contribution in [0.5, 0.6) is 0 Å². The molecule has 2 atom stereocenters. The van der Waals surface area contributed by atoms with Crippen LogP contribution in [0.1, 0.15) is 44.2 Å². The quantitative estimate of drug-likeness (QED) is 0.680. The first-order chi connectivity index (χ1) is 15.6. The van der Waals surface area contributed by atoms with E-state index in [0.29, 0.717) is 54.9 Å². The Morgan fingerprint density at radius 3 is 2.33 bits per heavy atom. The fourth-order valence-corrected chi connectivity index (χ4v) is 3.78. The average molecular weight is 480 g/mol. The van der Waals surface area contributed by atoms with E-state index >= 15 is 0 Å². The van der Waals surface area contributed by atoms with Crippen LogP contribution >= 0.6 is 11.6 Å². The summed E-state index contributed by atoms with van der Waals surface area (Å²) >= 11 is 6.04. The standard InChI is InChI=1S/C21H30ClN7O4/c1-6-33-21(32)27-9-7-26(8-10-27)20(31)16(5)28-12-18(13(2)25-28)24-19(30)15(4)29-14(3)17(22)11-23-29/h11-12,15-16H,6-10H2,1-5H3,(H,24,30). The maximum absolute atomic E-state index is 13.0. The third-order valence-corrected chi connectivity index (χ3v) is 6.15. The second kappa shape index (κ2) is 10.2. The van der Waals surface area contributed by atoms with Crippen LogP contribution in [0.3, 0.4) is 0 Å². The number of hydrogen-bond donors (Lipinski definition) is 1. The topological polar surface area (TPSA) is 115 Å². The van der Waals surface area contributed by atoms with Crippen molar-refractivity contribution in [3.05, 3.63) is 28.8 Å². The number of carbonyl (C=O) groups is 3. The lowest BCUT2D eigenvalue weighted by Gasteiger charge is -2.35. The molecule has 1 fully saturated rings. The predicted octanol–water partition coefficient (Wildman–Crippen LogP) is 2.41. The zero-order valence-corrected chi connectivity index (χ0v) is 20.3. The Kier molecular flexibility index (Phi) is 7.62. The number of amides is 3. The first-order valence-corrected chi connectivity index (χ1v) is 11.3. The van der Waals surface area contributed by atoms with E-state index in [0.717, 1.165) is 0 Å². The molecule has 11 nitrogen and oxygen atoms in total. The van der Waals surface area contributed by atoms with E-state index in [9.17, 15) is 14.4 Å². The number of piperazine rings is 1. The minimum absolute atomic E-state index is 0.103. The van der Waals surface area contributed by atoms with Crippen LogP contribution in [0.2, 0.25) is 5.02 Å². The number of halogens is 1. The van der Waals surface area contributed by atoms with Crippen molar-refractivity contribution >= 4 is 35.2 Å². The molecular formula is C21H30ClN7O4.